The van der Waals surface area contributed by atoms with Gasteiger partial charge in [0.05, 0.1) is 11.3 Å². The Morgan fingerprint density at radius 3 is 2.50 bits per heavy atom. The van der Waals surface area contributed by atoms with Gasteiger partial charge in [0, 0.05) is 5.38 Å². The van der Waals surface area contributed by atoms with Crippen LogP contribution in [0, 0.1) is 12.8 Å². The number of aryl methyl sites for hydroxylation is 1. The van der Waals surface area contributed by atoms with Crippen LogP contribution in [0.2, 0.25) is 0 Å². The fourth-order valence-electron chi connectivity index (χ4n) is 1.24. The molecule has 0 aliphatic rings. The van der Waals surface area contributed by atoms with E-state index in [1.54, 1.807) is 26.2 Å². The van der Waals surface area contributed by atoms with E-state index in [2.05, 4.69) is 9.69 Å². The van der Waals surface area contributed by atoms with E-state index in [0.717, 1.165) is 0 Å². The molecule has 16 heavy (non-hydrogen) atoms. The normalized spacial score (nSPS) is 12.5. The molecule has 0 radical (unpaired) electrons. The molecule has 0 aliphatic heterocycles. The molecule has 6 heteroatoms. The average Bonchev–Trinajstić information content (AvgIpc) is 2.59. The van der Waals surface area contributed by atoms with Crippen molar-refractivity contribution in [1.82, 2.24) is 9.69 Å². The number of nitrogens with zero attached hydrogens (tertiary/aromatic N) is 1. The number of amides is 1. The summed E-state index contributed by atoms with van der Waals surface area (Å²) in [5, 5.41) is 13.0. The van der Waals surface area contributed by atoms with Crippen LogP contribution < -0.4 is 5.32 Å². The van der Waals surface area contributed by atoms with Gasteiger partial charge in [-0.25, -0.2) is 4.79 Å². The predicted molar refractivity (Wildman–Crippen MR) is 60.6 cm³/mol. The van der Waals surface area contributed by atoms with Gasteiger partial charge in [0.1, 0.15) is 6.04 Å². The first-order valence-corrected chi connectivity index (χ1v) is 5.71. The molecule has 1 aromatic heterocycles. The van der Waals surface area contributed by atoms with Crippen LogP contribution in [-0.2, 0) is 4.79 Å². The Balaban J connectivity index is 2.77. The number of hydrogen-bond donors (Lipinski definition) is 2. The number of carbonyl (C=O) groups excluding carboxylic acids is 1. The Hall–Kier alpha value is -1.43. The number of carboxylic acid groups (broad SMARTS) is 1. The molecule has 0 spiro atoms. The lowest BCUT2D eigenvalue weighted by atomic mass is 10.0. The molecule has 1 amide bonds. The second-order valence-electron chi connectivity index (χ2n) is 3.85. The van der Waals surface area contributed by atoms with Crippen LogP contribution in [0.3, 0.4) is 0 Å². The summed E-state index contributed by atoms with van der Waals surface area (Å²) in [5.74, 6) is -1.56. The molecule has 5 nitrogen and oxygen atoms in total. The molecular weight excluding hydrogens is 228 g/mol. The molecule has 0 aromatic carbocycles. The summed E-state index contributed by atoms with van der Waals surface area (Å²) < 4.78 is 3.97. The first-order chi connectivity index (χ1) is 7.43. The molecule has 0 fully saturated rings. The number of nitrogens with one attached hydrogen (secondary N) is 1. The fraction of sp³-hybridized carbons (Fsp3) is 0.500. The van der Waals surface area contributed by atoms with Crippen molar-refractivity contribution in [2.24, 2.45) is 5.92 Å². The highest BCUT2D eigenvalue weighted by molar-refractivity contribution is 7.03. The number of aliphatic carboxylic acids is 1. The second kappa shape index (κ2) is 5.07. The molecule has 88 valence electrons. The number of aromatic nitrogens is 1. The van der Waals surface area contributed by atoms with E-state index in [1.165, 1.54) is 11.5 Å². The van der Waals surface area contributed by atoms with Crippen molar-refractivity contribution in [2.75, 3.05) is 0 Å². The van der Waals surface area contributed by atoms with E-state index in [4.69, 9.17) is 5.11 Å². The third-order valence-electron chi connectivity index (χ3n) is 2.21. The lowest BCUT2D eigenvalue weighted by Gasteiger charge is -2.17. The van der Waals surface area contributed by atoms with Gasteiger partial charge >= 0.3 is 5.97 Å². The Kier molecular flexibility index (Phi) is 4.00. The summed E-state index contributed by atoms with van der Waals surface area (Å²) in [6.45, 7) is 5.21. The van der Waals surface area contributed by atoms with Crippen LogP contribution in [0.5, 0.6) is 0 Å². The van der Waals surface area contributed by atoms with Crippen LogP contribution in [0.15, 0.2) is 5.38 Å². The van der Waals surface area contributed by atoms with Gasteiger partial charge in [0.2, 0.25) is 0 Å². The molecule has 0 aliphatic carbocycles. The Morgan fingerprint density at radius 1 is 1.50 bits per heavy atom. The van der Waals surface area contributed by atoms with E-state index >= 15 is 0 Å². The molecule has 1 rings (SSSR count). The maximum Gasteiger partial charge on any atom is 0.326 e. The van der Waals surface area contributed by atoms with Crippen LogP contribution in [0.1, 0.15) is 29.9 Å². The van der Waals surface area contributed by atoms with Gasteiger partial charge in [-0.3, -0.25) is 4.79 Å². The summed E-state index contributed by atoms with van der Waals surface area (Å²) in [4.78, 5) is 22.6. The molecule has 2 N–H and O–H groups in total. The van der Waals surface area contributed by atoms with Gasteiger partial charge in [-0.15, -0.1) is 0 Å². The molecule has 0 unspecified atom stereocenters. The number of hydrogen-bond acceptors (Lipinski definition) is 4. The standard InChI is InChI=1S/C10H14N2O3S/c1-5(2)8(10(14)15)11-9(13)7-4-16-12-6(7)3/h4-5,8H,1-3H3,(H,11,13)(H,14,15)/t8-/m0/s1. The van der Waals surface area contributed by atoms with E-state index < -0.39 is 12.0 Å². The zero-order valence-electron chi connectivity index (χ0n) is 9.35. The zero-order valence-corrected chi connectivity index (χ0v) is 10.2. The molecular formula is C10H14N2O3S. The number of rotatable bonds is 4. The molecule has 0 saturated carbocycles. The summed E-state index contributed by atoms with van der Waals surface area (Å²) in [7, 11) is 0. The van der Waals surface area contributed by atoms with Crippen molar-refractivity contribution in [1.29, 1.82) is 0 Å². The first kappa shape index (κ1) is 12.6. The van der Waals surface area contributed by atoms with Crippen LogP contribution in [0.25, 0.3) is 0 Å². The maximum atomic E-state index is 11.7. The van der Waals surface area contributed by atoms with Crippen LogP contribution in [-0.4, -0.2) is 27.4 Å². The van der Waals surface area contributed by atoms with Crippen molar-refractivity contribution < 1.29 is 14.7 Å². The van der Waals surface area contributed by atoms with Gasteiger partial charge in [-0.2, -0.15) is 4.37 Å². The SMILES string of the molecule is Cc1nscc1C(=O)N[C@H](C(=O)O)C(C)C. The summed E-state index contributed by atoms with van der Waals surface area (Å²) in [5.41, 5.74) is 1.06. The van der Waals surface area contributed by atoms with Crippen molar-refractivity contribution >= 4 is 23.4 Å². The molecule has 1 heterocycles. The van der Waals surface area contributed by atoms with Crippen molar-refractivity contribution in [3.8, 4) is 0 Å². The highest BCUT2D eigenvalue weighted by Gasteiger charge is 2.24. The Bertz CT molecular complexity index is 401. The number of carboxylic acids is 1. The number of carbonyl (C=O) groups is 2. The Morgan fingerprint density at radius 2 is 2.12 bits per heavy atom. The second-order valence-corrected chi connectivity index (χ2v) is 4.48. The van der Waals surface area contributed by atoms with Crippen LogP contribution >= 0.6 is 11.5 Å². The highest BCUT2D eigenvalue weighted by Crippen LogP contribution is 2.10. The van der Waals surface area contributed by atoms with E-state index in [0.29, 0.717) is 11.3 Å². The lowest BCUT2D eigenvalue weighted by molar-refractivity contribution is -0.140. The minimum Gasteiger partial charge on any atom is -0.480 e. The predicted octanol–water partition coefficient (Wildman–Crippen LogP) is 1.29. The maximum absolute atomic E-state index is 11.7. The van der Waals surface area contributed by atoms with Gasteiger partial charge in [-0.1, -0.05) is 13.8 Å². The van der Waals surface area contributed by atoms with E-state index in [9.17, 15) is 9.59 Å². The molecule has 1 aromatic rings. The highest BCUT2D eigenvalue weighted by atomic mass is 32.1. The van der Waals surface area contributed by atoms with Gasteiger partial charge in [0.15, 0.2) is 0 Å². The zero-order chi connectivity index (χ0) is 12.3. The molecule has 0 saturated heterocycles. The van der Waals surface area contributed by atoms with Gasteiger partial charge in [-0.05, 0) is 24.4 Å². The summed E-state index contributed by atoms with van der Waals surface area (Å²) >= 11 is 1.18. The third kappa shape index (κ3) is 2.79. The first-order valence-electron chi connectivity index (χ1n) is 4.88. The van der Waals surface area contributed by atoms with Crippen molar-refractivity contribution in [2.45, 2.75) is 26.8 Å². The van der Waals surface area contributed by atoms with Gasteiger partial charge < -0.3 is 10.4 Å². The van der Waals surface area contributed by atoms with E-state index in [-0.39, 0.29) is 11.8 Å². The fourth-order valence-corrected chi connectivity index (χ4v) is 1.94. The van der Waals surface area contributed by atoms with Crippen LogP contribution in [0.4, 0.5) is 0 Å². The van der Waals surface area contributed by atoms with Gasteiger partial charge in [0.25, 0.3) is 5.91 Å². The minimum absolute atomic E-state index is 0.159. The third-order valence-corrected chi connectivity index (χ3v) is 2.93. The average molecular weight is 242 g/mol. The topological polar surface area (TPSA) is 79.3 Å². The smallest absolute Gasteiger partial charge is 0.326 e. The van der Waals surface area contributed by atoms with Crippen molar-refractivity contribution in [3.63, 3.8) is 0 Å². The quantitative estimate of drug-likeness (QED) is 0.833. The monoisotopic (exact) mass is 242 g/mol. The van der Waals surface area contributed by atoms with Crippen molar-refractivity contribution in [3.05, 3.63) is 16.6 Å². The largest absolute Gasteiger partial charge is 0.480 e. The lowest BCUT2D eigenvalue weighted by Crippen LogP contribution is -2.44. The molecule has 0 bridgehead atoms. The van der Waals surface area contributed by atoms with E-state index in [1.807, 2.05) is 0 Å². The summed E-state index contributed by atoms with van der Waals surface area (Å²) in [6.07, 6.45) is 0. The minimum atomic E-state index is -1.02. The Labute approximate surface area is 97.7 Å². The molecule has 1 atom stereocenters. The summed E-state index contributed by atoms with van der Waals surface area (Å²) in [6, 6.07) is -0.869.